The highest BCUT2D eigenvalue weighted by Crippen LogP contribution is 2.26. The molecule has 116 valence electrons. The number of piperidine rings is 1. The smallest absolute Gasteiger partial charge is 0.225 e. The summed E-state index contributed by atoms with van der Waals surface area (Å²) in [6.45, 7) is 2.90. The minimum atomic E-state index is -0.954. The molecule has 0 aromatic heterocycles. The van der Waals surface area contributed by atoms with Crippen molar-refractivity contribution < 1.29 is 15.0 Å². The van der Waals surface area contributed by atoms with E-state index in [1.54, 1.807) is 23.1 Å². The molecule has 3 atom stereocenters. The van der Waals surface area contributed by atoms with Crippen LogP contribution >= 0.6 is 23.2 Å². The maximum absolute atomic E-state index is 12.2. The number of hydrogen-bond acceptors (Lipinski definition) is 3. The summed E-state index contributed by atoms with van der Waals surface area (Å²) < 4.78 is 0. The normalized spacial score (nSPS) is 24.0. The first-order valence-corrected chi connectivity index (χ1v) is 7.72. The van der Waals surface area contributed by atoms with Crippen molar-refractivity contribution >= 4 is 29.1 Å². The number of likely N-dealkylation sites (tertiary alicyclic amines) is 1. The Kier molecular flexibility index (Phi) is 5.49. The molecule has 1 aliphatic heterocycles. The van der Waals surface area contributed by atoms with Crippen LogP contribution in [0, 0.1) is 5.92 Å². The fraction of sp³-hybridized carbons (Fsp3) is 0.533. The molecule has 0 radical (unpaired) electrons. The van der Waals surface area contributed by atoms with E-state index in [0.29, 0.717) is 28.7 Å². The van der Waals surface area contributed by atoms with Crippen molar-refractivity contribution in [1.82, 2.24) is 4.90 Å². The Hall–Kier alpha value is -0.810. The van der Waals surface area contributed by atoms with E-state index in [1.165, 1.54) is 0 Å². The number of β-amino-alcohol motifs (C(OH)–C–C–N with tert-alkyl or cyclic N) is 1. The zero-order chi connectivity index (χ0) is 15.6. The molecule has 1 amide bonds. The van der Waals surface area contributed by atoms with Crippen molar-refractivity contribution in [3.63, 3.8) is 0 Å². The van der Waals surface area contributed by atoms with Gasteiger partial charge in [-0.2, -0.15) is 0 Å². The Bertz CT molecular complexity index is 503. The number of carbonyl (C=O) groups is 1. The fourth-order valence-corrected chi connectivity index (χ4v) is 3.00. The lowest BCUT2D eigenvalue weighted by atomic mass is 9.95. The molecule has 1 aromatic rings. The third kappa shape index (κ3) is 4.33. The van der Waals surface area contributed by atoms with Gasteiger partial charge in [0.25, 0.3) is 0 Å². The molecular weight excluding hydrogens is 313 g/mol. The minimum Gasteiger partial charge on any atom is -0.391 e. The fourth-order valence-electron chi connectivity index (χ4n) is 2.46. The highest BCUT2D eigenvalue weighted by Gasteiger charge is 2.28. The van der Waals surface area contributed by atoms with Crippen LogP contribution in [0.1, 0.15) is 31.4 Å². The van der Waals surface area contributed by atoms with Crippen molar-refractivity contribution in [2.75, 3.05) is 13.1 Å². The quantitative estimate of drug-likeness (QED) is 0.895. The second kappa shape index (κ2) is 6.97. The Morgan fingerprint density at radius 2 is 2.00 bits per heavy atom. The zero-order valence-electron chi connectivity index (χ0n) is 11.8. The molecule has 2 N–H and O–H groups in total. The van der Waals surface area contributed by atoms with Crippen LogP contribution in [0.15, 0.2) is 18.2 Å². The number of aliphatic hydroxyl groups is 2. The zero-order valence-corrected chi connectivity index (χ0v) is 13.3. The summed E-state index contributed by atoms with van der Waals surface area (Å²) in [6.07, 6.45) is -0.727. The van der Waals surface area contributed by atoms with Gasteiger partial charge in [-0.1, -0.05) is 30.1 Å². The Morgan fingerprint density at radius 3 is 2.57 bits per heavy atom. The average Bonchev–Trinajstić information content (AvgIpc) is 2.40. The van der Waals surface area contributed by atoms with Crippen LogP contribution in [0.5, 0.6) is 0 Å². The van der Waals surface area contributed by atoms with Crippen molar-refractivity contribution in [2.24, 2.45) is 5.92 Å². The van der Waals surface area contributed by atoms with Crippen LogP contribution in [0.4, 0.5) is 0 Å². The van der Waals surface area contributed by atoms with Gasteiger partial charge in [-0.15, -0.1) is 0 Å². The summed E-state index contributed by atoms with van der Waals surface area (Å²) in [5.41, 5.74) is 0.520. The minimum absolute atomic E-state index is 0.0439. The van der Waals surface area contributed by atoms with Crippen molar-refractivity contribution in [3.8, 4) is 0 Å². The third-order valence-electron chi connectivity index (χ3n) is 3.91. The molecule has 3 unspecified atom stereocenters. The Balaban J connectivity index is 1.98. The van der Waals surface area contributed by atoms with Gasteiger partial charge in [0.15, 0.2) is 0 Å². The lowest BCUT2D eigenvalue weighted by molar-refractivity contribution is -0.137. The van der Waals surface area contributed by atoms with E-state index in [9.17, 15) is 15.0 Å². The molecule has 1 aliphatic rings. The number of rotatable bonds is 3. The van der Waals surface area contributed by atoms with Gasteiger partial charge >= 0.3 is 0 Å². The van der Waals surface area contributed by atoms with Crippen LogP contribution in [0.2, 0.25) is 10.0 Å². The first kappa shape index (κ1) is 16.6. The molecule has 1 saturated heterocycles. The number of benzene rings is 1. The molecule has 4 nitrogen and oxygen atoms in total. The lowest BCUT2D eigenvalue weighted by Gasteiger charge is -2.34. The van der Waals surface area contributed by atoms with E-state index in [2.05, 4.69) is 0 Å². The second-order valence-corrected chi connectivity index (χ2v) is 6.47. The van der Waals surface area contributed by atoms with Gasteiger partial charge in [0.1, 0.15) is 0 Å². The highest BCUT2D eigenvalue weighted by atomic mass is 35.5. The van der Waals surface area contributed by atoms with Crippen LogP contribution < -0.4 is 0 Å². The van der Waals surface area contributed by atoms with Crippen molar-refractivity contribution in [1.29, 1.82) is 0 Å². The summed E-state index contributed by atoms with van der Waals surface area (Å²) in [7, 11) is 0. The predicted octanol–water partition coefficient (Wildman–Crippen LogP) is 2.65. The van der Waals surface area contributed by atoms with Crippen LogP contribution in [0.3, 0.4) is 0 Å². The van der Waals surface area contributed by atoms with Crippen molar-refractivity contribution in [3.05, 3.63) is 33.8 Å². The number of carbonyl (C=O) groups excluding carboxylic acids is 1. The van der Waals surface area contributed by atoms with E-state index in [1.807, 2.05) is 6.92 Å². The first-order valence-electron chi connectivity index (χ1n) is 6.96. The molecule has 6 heteroatoms. The first-order chi connectivity index (χ1) is 9.86. The molecule has 1 heterocycles. The van der Waals surface area contributed by atoms with Gasteiger partial charge in [0.05, 0.1) is 18.6 Å². The van der Waals surface area contributed by atoms with Crippen LogP contribution in [0.25, 0.3) is 0 Å². The van der Waals surface area contributed by atoms with E-state index >= 15 is 0 Å². The Morgan fingerprint density at radius 1 is 1.38 bits per heavy atom. The standard InChI is InChI=1S/C15H19Cl2NO3/c1-9-2-3-18(8-14(9)20)15(21)7-13(19)10-4-11(16)6-12(17)5-10/h4-6,9,13-14,19-20H,2-3,7-8H2,1H3. The summed E-state index contributed by atoms with van der Waals surface area (Å²) in [5, 5.41) is 20.8. The average molecular weight is 332 g/mol. The van der Waals surface area contributed by atoms with Crippen LogP contribution in [-0.2, 0) is 4.79 Å². The van der Waals surface area contributed by atoms with E-state index in [0.717, 1.165) is 6.42 Å². The topological polar surface area (TPSA) is 60.8 Å². The molecule has 1 aromatic carbocycles. The molecule has 0 saturated carbocycles. The summed E-state index contributed by atoms with van der Waals surface area (Å²) in [6, 6.07) is 4.76. The monoisotopic (exact) mass is 331 g/mol. The predicted molar refractivity (Wildman–Crippen MR) is 82.4 cm³/mol. The lowest BCUT2D eigenvalue weighted by Crippen LogP contribution is -2.46. The maximum Gasteiger partial charge on any atom is 0.225 e. The number of aliphatic hydroxyl groups excluding tert-OH is 2. The number of halogens is 2. The molecule has 21 heavy (non-hydrogen) atoms. The number of hydrogen-bond donors (Lipinski definition) is 2. The number of amides is 1. The summed E-state index contributed by atoms with van der Waals surface area (Å²) in [4.78, 5) is 13.8. The molecule has 0 spiro atoms. The molecule has 0 bridgehead atoms. The molecule has 2 rings (SSSR count). The molecular formula is C15H19Cl2NO3. The Labute approximate surface area is 134 Å². The van der Waals surface area contributed by atoms with E-state index in [4.69, 9.17) is 23.2 Å². The van der Waals surface area contributed by atoms with Gasteiger partial charge in [0, 0.05) is 23.1 Å². The molecule has 0 aliphatic carbocycles. The second-order valence-electron chi connectivity index (χ2n) is 5.60. The summed E-state index contributed by atoms with van der Waals surface area (Å²) in [5.74, 6) is 0.0234. The van der Waals surface area contributed by atoms with Gasteiger partial charge < -0.3 is 15.1 Å². The molecule has 1 fully saturated rings. The summed E-state index contributed by atoms with van der Waals surface area (Å²) >= 11 is 11.8. The third-order valence-corrected chi connectivity index (χ3v) is 4.35. The van der Waals surface area contributed by atoms with Gasteiger partial charge in [0.2, 0.25) is 5.91 Å². The SMILES string of the molecule is CC1CCN(C(=O)CC(O)c2cc(Cl)cc(Cl)c2)CC1O. The maximum atomic E-state index is 12.2. The van der Waals surface area contributed by atoms with Crippen molar-refractivity contribution in [2.45, 2.75) is 32.0 Å². The van der Waals surface area contributed by atoms with Crippen LogP contribution in [-0.4, -0.2) is 40.2 Å². The van der Waals surface area contributed by atoms with E-state index < -0.39 is 12.2 Å². The van der Waals surface area contributed by atoms with Gasteiger partial charge in [-0.25, -0.2) is 0 Å². The van der Waals surface area contributed by atoms with E-state index in [-0.39, 0.29) is 18.2 Å². The largest absolute Gasteiger partial charge is 0.391 e. The highest BCUT2D eigenvalue weighted by molar-refractivity contribution is 6.34. The van der Waals surface area contributed by atoms with Gasteiger partial charge in [-0.05, 0) is 36.1 Å². The number of nitrogens with zero attached hydrogens (tertiary/aromatic N) is 1. The van der Waals surface area contributed by atoms with Gasteiger partial charge in [-0.3, -0.25) is 4.79 Å².